The van der Waals surface area contributed by atoms with E-state index in [1.807, 2.05) is 6.92 Å². The molecular formula is C16H23NO3S. The summed E-state index contributed by atoms with van der Waals surface area (Å²) in [5.41, 5.74) is 1.59. The van der Waals surface area contributed by atoms with Gasteiger partial charge in [0.1, 0.15) is 0 Å². The molecule has 116 valence electrons. The average molecular weight is 309 g/mol. The first-order chi connectivity index (χ1) is 9.86. The maximum atomic E-state index is 12.2. The van der Waals surface area contributed by atoms with E-state index in [0.29, 0.717) is 18.9 Å². The molecule has 1 aromatic rings. The molecule has 0 saturated heterocycles. The smallest absolute Gasteiger partial charge is 0.240 e. The molecule has 4 nitrogen and oxygen atoms in total. The molecule has 2 N–H and O–H groups in total. The van der Waals surface area contributed by atoms with Crippen molar-refractivity contribution in [3.05, 3.63) is 29.3 Å². The van der Waals surface area contributed by atoms with Crippen molar-refractivity contribution in [3.8, 4) is 11.8 Å². The Morgan fingerprint density at radius 3 is 2.62 bits per heavy atom. The average Bonchev–Trinajstić information content (AvgIpc) is 2.40. The monoisotopic (exact) mass is 309 g/mol. The molecule has 0 spiro atoms. The van der Waals surface area contributed by atoms with E-state index in [0.717, 1.165) is 17.5 Å². The first-order valence-electron chi connectivity index (χ1n) is 7.07. The molecule has 0 saturated carbocycles. The Balaban J connectivity index is 2.85. The third kappa shape index (κ3) is 5.88. The van der Waals surface area contributed by atoms with Gasteiger partial charge in [-0.25, -0.2) is 13.1 Å². The lowest BCUT2D eigenvalue weighted by atomic mass is 10.1. The van der Waals surface area contributed by atoms with Crippen LogP contribution in [-0.2, 0) is 10.0 Å². The van der Waals surface area contributed by atoms with Crippen LogP contribution in [0.5, 0.6) is 0 Å². The highest BCUT2D eigenvalue weighted by molar-refractivity contribution is 7.89. The first-order valence-corrected chi connectivity index (χ1v) is 8.55. The van der Waals surface area contributed by atoms with E-state index in [1.54, 1.807) is 18.2 Å². The lowest BCUT2D eigenvalue weighted by molar-refractivity contribution is 0.305. The highest BCUT2D eigenvalue weighted by Gasteiger charge is 2.14. The molecule has 21 heavy (non-hydrogen) atoms. The fourth-order valence-corrected chi connectivity index (χ4v) is 2.85. The molecule has 0 fully saturated rings. The molecule has 0 radical (unpaired) electrons. The zero-order valence-corrected chi connectivity index (χ0v) is 13.6. The SMILES string of the molecule is Cc1cc(S(=O)(=O)NCCC(C)C)ccc1C#CCCO. The van der Waals surface area contributed by atoms with Gasteiger partial charge in [-0.2, -0.15) is 0 Å². The van der Waals surface area contributed by atoms with Gasteiger partial charge in [-0.3, -0.25) is 0 Å². The fraction of sp³-hybridized carbons (Fsp3) is 0.500. The van der Waals surface area contributed by atoms with E-state index in [2.05, 4.69) is 30.4 Å². The Morgan fingerprint density at radius 2 is 2.05 bits per heavy atom. The maximum Gasteiger partial charge on any atom is 0.240 e. The van der Waals surface area contributed by atoms with Gasteiger partial charge in [-0.15, -0.1) is 0 Å². The molecule has 0 aliphatic heterocycles. The lowest BCUT2D eigenvalue weighted by Crippen LogP contribution is -2.25. The van der Waals surface area contributed by atoms with E-state index in [-0.39, 0.29) is 11.5 Å². The van der Waals surface area contributed by atoms with E-state index >= 15 is 0 Å². The van der Waals surface area contributed by atoms with Crippen LogP contribution in [0.25, 0.3) is 0 Å². The Hall–Kier alpha value is -1.35. The second-order valence-corrected chi connectivity index (χ2v) is 7.10. The number of aliphatic hydroxyl groups is 1. The normalized spacial score (nSPS) is 11.3. The summed E-state index contributed by atoms with van der Waals surface area (Å²) in [4.78, 5) is 0.261. The van der Waals surface area contributed by atoms with Gasteiger partial charge >= 0.3 is 0 Å². The van der Waals surface area contributed by atoms with Crippen molar-refractivity contribution in [3.63, 3.8) is 0 Å². The van der Waals surface area contributed by atoms with Crippen LogP contribution in [0.4, 0.5) is 0 Å². The van der Waals surface area contributed by atoms with E-state index in [9.17, 15) is 8.42 Å². The largest absolute Gasteiger partial charge is 0.395 e. The van der Waals surface area contributed by atoms with Gasteiger partial charge in [0.2, 0.25) is 10.0 Å². The number of hydrogen-bond donors (Lipinski definition) is 2. The summed E-state index contributed by atoms with van der Waals surface area (Å²) in [7, 11) is -3.46. The van der Waals surface area contributed by atoms with E-state index in [1.165, 1.54) is 0 Å². The number of benzene rings is 1. The molecule has 0 aliphatic carbocycles. The van der Waals surface area contributed by atoms with E-state index < -0.39 is 10.0 Å². The van der Waals surface area contributed by atoms with Gasteiger partial charge in [0.05, 0.1) is 11.5 Å². The Morgan fingerprint density at radius 1 is 1.33 bits per heavy atom. The zero-order chi connectivity index (χ0) is 15.9. The van der Waals surface area contributed by atoms with Crippen molar-refractivity contribution in [2.75, 3.05) is 13.2 Å². The summed E-state index contributed by atoms with van der Waals surface area (Å²) >= 11 is 0. The van der Waals surface area contributed by atoms with Crippen LogP contribution in [0.1, 0.15) is 37.8 Å². The molecule has 0 bridgehead atoms. The van der Waals surface area contributed by atoms with Gasteiger partial charge in [0, 0.05) is 18.5 Å². The van der Waals surface area contributed by atoms with Crippen LogP contribution in [0.2, 0.25) is 0 Å². The number of aryl methyl sites for hydroxylation is 1. The molecule has 1 rings (SSSR count). The Kier molecular flexibility index (Phi) is 6.90. The topological polar surface area (TPSA) is 66.4 Å². The second-order valence-electron chi connectivity index (χ2n) is 5.33. The first kappa shape index (κ1) is 17.7. The molecule has 5 heteroatoms. The van der Waals surface area contributed by atoms with Crippen LogP contribution in [0.15, 0.2) is 23.1 Å². The van der Waals surface area contributed by atoms with Gasteiger partial charge in [-0.05, 0) is 43.0 Å². The molecule has 0 atom stereocenters. The quantitative estimate of drug-likeness (QED) is 0.790. The molecule has 0 aliphatic rings. The van der Waals surface area contributed by atoms with Crippen molar-refractivity contribution in [2.24, 2.45) is 5.92 Å². The molecule has 0 amide bonds. The van der Waals surface area contributed by atoms with Crippen LogP contribution >= 0.6 is 0 Å². The molecular weight excluding hydrogens is 286 g/mol. The van der Waals surface area contributed by atoms with E-state index in [4.69, 9.17) is 5.11 Å². The fourth-order valence-electron chi connectivity index (χ4n) is 1.72. The summed E-state index contributed by atoms with van der Waals surface area (Å²) in [6, 6.07) is 4.89. The molecule has 1 aromatic carbocycles. The van der Waals surface area contributed by atoms with Gasteiger partial charge in [0.25, 0.3) is 0 Å². The van der Waals surface area contributed by atoms with Crippen molar-refractivity contribution in [2.45, 2.75) is 38.5 Å². The maximum absolute atomic E-state index is 12.2. The van der Waals surface area contributed by atoms with Crippen LogP contribution in [0, 0.1) is 24.7 Å². The third-order valence-corrected chi connectivity index (χ3v) is 4.44. The summed E-state index contributed by atoms with van der Waals surface area (Å²) in [5.74, 6) is 6.21. The number of nitrogens with one attached hydrogen (secondary N) is 1. The summed E-state index contributed by atoms with van der Waals surface area (Å²) < 4.78 is 26.9. The standard InChI is InChI=1S/C16H23NO3S/c1-13(2)9-10-17-21(19,20)16-8-7-15(14(3)12-16)6-4-5-11-18/h7-8,12-13,17-18H,5,9-11H2,1-3H3. The molecule has 0 aromatic heterocycles. The highest BCUT2D eigenvalue weighted by Crippen LogP contribution is 2.15. The minimum atomic E-state index is -3.46. The van der Waals surface area contributed by atoms with Gasteiger partial charge in [-0.1, -0.05) is 25.7 Å². The van der Waals surface area contributed by atoms with Crippen molar-refractivity contribution in [1.29, 1.82) is 0 Å². The van der Waals surface area contributed by atoms with Crippen molar-refractivity contribution in [1.82, 2.24) is 4.72 Å². The predicted octanol–water partition coefficient (Wildman–Crippen LogP) is 2.05. The predicted molar refractivity (Wildman–Crippen MR) is 84.4 cm³/mol. The lowest BCUT2D eigenvalue weighted by Gasteiger charge is -2.09. The van der Waals surface area contributed by atoms with Gasteiger partial charge in [0.15, 0.2) is 0 Å². The molecule has 0 unspecified atom stereocenters. The van der Waals surface area contributed by atoms with Gasteiger partial charge < -0.3 is 5.11 Å². The second kappa shape index (κ2) is 8.18. The number of sulfonamides is 1. The minimum Gasteiger partial charge on any atom is -0.395 e. The summed E-state index contributed by atoms with van der Waals surface area (Å²) in [6.07, 6.45) is 1.22. The summed E-state index contributed by atoms with van der Waals surface area (Å²) in [5, 5.41) is 8.70. The van der Waals surface area contributed by atoms with Crippen molar-refractivity contribution >= 4 is 10.0 Å². The minimum absolute atomic E-state index is 0.0261. The van der Waals surface area contributed by atoms with Crippen molar-refractivity contribution < 1.29 is 13.5 Å². The van der Waals surface area contributed by atoms with Crippen LogP contribution in [0.3, 0.4) is 0 Å². The number of rotatable bonds is 6. The summed E-state index contributed by atoms with van der Waals surface area (Å²) in [6.45, 7) is 6.40. The van der Waals surface area contributed by atoms with Crippen LogP contribution < -0.4 is 4.72 Å². The highest BCUT2D eigenvalue weighted by atomic mass is 32.2. The Labute approximate surface area is 127 Å². The molecule has 0 heterocycles. The third-order valence-electron chi connectivity index (χ3n) is 2.98. The zero-order valence-electron chi connectivity index (χ0n) is 12.8. The Bertz CT molecular complexity index is 625. The number of aliphatic hydroxyl groups excluding tert-OH is 1. The van der Waals surface area contributed by atoms with Crippen LogP contribution in [-0.4, -0.2) is 26.7 Å². The number of hydrogen-bond acceptors (Lipinski definition) is 3.